The Morgan fingerprint density at radius 3 is 1.86 bits per heavy atom. The smallest absolute Gasteiger partial charge is 0.320 e. The van der Waals surface area contributed by atoms with Crippen molar-refractivity contribution < 1.29 is 19.1 Å². The quantitative estimate of drug-likeness (QED) is 0.506. The van der Waals surface area contributed by atoms with Crippen LogP contribution in [0.4, 0.5) is 0 Å². The third kappa shape index (κ3) is 2.25. The Morgan fingerprint density at radius 2 is 1.50 bits per heavy atom. The maximum atomic E-state index is 11.4. The molecular weight excluding hydrogens is 184 g/mol. The van der Waals surface area contributed by atoms with E-state index in [9.17, 15) is 9.59 Å². The summed E-state index contributed by atoms with van der Waals surface area (Å²) < 4.78 is 9.22. The largest absolute Gasteiger partial charge is 0.468 e. The van der Waals surface area contributed by atoms with Crippen LogP contribution in [-0.2, 0) is 19.1 Å². The van der Waals surface area contributed by atoms with Gasteiger partial charge < -0.3 is 9.47 Å². The monoisotopic (exact) mass is 200 g/mol. The standard InChI is InChI=1S/C10H16O4/c1-13-9(11)8(10(12)14-2)7-5-3-4-6-7/h7-8H,3-6H2,1-2H3. The van der Waals surface area contributed by atoms with Gasteiger partial charge in [0.15, 0.2) is 5.92 Å². The summed E-state index contributed by atoms with van der Waals surface area (Å²) in [4.78, 5) is 22.8. The second kappa shape index (κ2) is 4.98. The van der Waals surface area contributed by atoms with Gasteiger partial charge in [-0.25, -0.2) is 0 Å². The van der Waals surface area contributed by atoms with Crippen molar-refractivity contribution in [1.82, 2.24) is 0 Å². The van der Waals surface area contributed by atoms with E-state index in [1.54, 1.807) is 0 Å². The molecule has 0 spiro atoms. The number of rotatable bonds is 3. The van der Waals surface area contributed by atoms with Crippen molar-refractivity contribution in [2.24, 2.45) is 11.8 Å². The molecule has 0 aromatic heterocycles. The molecule has 1 aliphatic rings. The molecule has 4 heteroatoms. The zero-order valence-electron chi connectivity index (χ0n) is 8.62. The van der Waals surface area contributed by atoms with Gasteiger partial charge in [-0.1, -0.05) is 12.8 Å². The zero-order chi connectivity index (χ0) is 10.6. The maximum Gasteiger partial charge on any atom is 0.320 e. The van der Waals surface area contributed by atoms with Crippen LogP contribution in [0.15, 0.2) is 0 Å². The SMILES string of the molecule is COC(=O)C(C(=O)OC)C1CCCC1. The third-order valence-corrected chi connectivity index (χ3v) is 2.78. The molecule has 1 fully saturated rings. The molecule has 0 heterocycles. The number of methoxy groups -OCH3 is 2. The van der Waals surface area contributed by atoms with Crippen molar-refractivity contribution in [2.45, 2.75) is 25.7 Å². The predicted octanol–water partition coefficient (Wildman–Crippen LogP) is 1.14. The number of carbonyl (C=O) groups excluding carboxylic acids is 2. The van der Waals surface area contributed by atoms with Crippen LogP contribution in [0.5, 0.6) is 0 Å². The lowest BCUT2D eigenvalue weighted by molar-refractivity contribution is -0.161. The van der Waals surface area contributed by atoms with Crippen LogP contribution in [0, 0.1) is 11.8 Å². The van der Waals surface area contributed by atoms with Gasteiger partial charge in [0, 0.05) is 0 Å². The number of carbonyl (C=O) groups is 2. The number of esters is 2. The van der Waals surface area contributed by atoms with Crippen molar-refractivity contribution >= 4 is 11.9 Å². The van der Waals surface area contributed by atoms with Gasteiger partial charge in [-0.15, -0.1) is 0 Å². The predicted molar refractivity (Wildman–Crippen MR) is 49.5 cm³/mol. The molecule has 0 aromatic carbocycles. The minimum atomic E-state index is -0.715. The lowest BCUT2D eigenvalue weighted by atomic mass is 9.91. The highest BCUT2D eigenvalue weighted by molar-refractivity contribution is 5.95. The molecule has 0 saturated heterocycles. The molecule has 0 bridgehead atoms. The number of hydrogen-bond donors (Lipinski definition) is 0. The first-order valence-corrected chi connectivity index (χ1v) is 4.86. The van der Waals surface area contributed by atoms with Crippen molar-refractivity contribution in [2.75, 3.05) is 14.2 Å². The maximum absolute atomic E-state index is 11.4. The van der Waals surface area contributed by atoms with Gasteiger partial charge in [0.2, 0.25) is 0 Å². The Bertz CT molecular complexity index is 202. The molecule has 0 unspecified atom stereocenters. The Balaban J connectivity index is 2.69. The van der Waals surface area contributed by atoms with Gasteiger partial charge in [0.05, 0.1) is 14.2 Å². The molecule has 1 rings (SSSR count). The molecule has 0 aromatic rings. The van der Waals surface area contributed by atoms with Crippen molar-refractivity contribution in [1.29, 1.82) is 0 Å². The highest BCUT2D eigenvalue weighted by Crippen LogP contribution is 2.32. The molecule has 0 atom stereocenters. The van der Waals surface area contributed by atoms with E-state index in [1.807, 2.05) is 0 Å². The fourth-order valence-corrected chi connectivity index (χ4v) is 2.03. The van der Waals surface area contributed by atoms with E-state index in [0.717, 1.165) is 25.7 Å². The highest BCUT2D eigenvalue weighted by Gasteiger charge is 2.37. The summed E-state index contributed by atoms with van der Waals surface area (Å²) in [6.07, 6.45) is 3.98. The van der Waals surface area contributed by atoms with E-state index < -0.39 is 17.9 Å². The van der Waals surface area contributed by atoms with Gasteiger partial charge in [-0.2, -0.15) is 0 Å². The van der Waals surface area contributed by atoms with Crippen molar-refractivity contribution in [3.8, 4) is 0 Å². The Labute approximate surface area is 83.6 Å². The average Bonchev–Trinajstić information content (AvgIpc) is 2.70. The number of hydrogen-bond acceptors (Lipinski definition) is 4. The summed E-state index contributed by atoms with van der Waals surface area (Å²) in [7, 11) is 2.60. The highest BCUT2D eigenvalue weighted by atomic mass is 16.5. The van der Waals surface area contributed by atoms with E-state index in [1.165, 1.54) is 14.2 Å². The fraction of sp³-hybridized carbons (Fsp3) is 0.800. The lowest BCUT2D eigenvalue weighted by Crippen LogP contribution is -2.32. The van der Waals surface area contributed by atoms with E-state index in [0.29, 0.717) is 0 Å². The van der Waals surface area contributed by atoms with Gasteiger partial charge in [-0.05, 0) is 18.8 Å². The summed E-state index contributed by atoms with van der Waals surface area (Å²) in [5.41, 5.74) is 0. The number of ether oxygens (including phenoxy) is 2. The van der Waals surface area contributed by atoms with Crippen LogP contribution < -0.4 is 0 Å². The minimum Gasteiger partial charge on any atom is -0.468 e. The Kier molecular flexibility index (Phi) is 3.92. The molecule has 0 aliphatic heterocycles. The molecule has 14 heavy (non-hydrogen) atoms. The van der Waals surface area contributed by atoms with E-state index in [4.69, 9.17) is 0 Å². The van der Waals surface area contributed by atoms with E-state index in [-0.39, 0.29) is 5.92 Å². The minimum absolute atomic E-state index is 0.106. The summed E-state index contributed by atoms with van der Waals surface area (Å²) >= 11 is 0. The lowest BCUT2D eigenvalue weighted by Gasteiger charge is -2.18. The van der Waals surface area contributed by atoms with Gasteiger partial charge in [-0.3, -0.25) is 9.59 Å². The molecular formula is C10H16O4. The van der Waals surface area contributed by atoms with Crippen molar-refractivity contribution in [3.63, 3.8) is 0 Å². The van der Waals surface area contributed by atoms with Gasteiger partial charge in [0.1, 0.15) is 0 Å². The molecule has 0 N–H and O–H groups in total. The first kappa shape index (κ1) is 11.0. The van der Waals surface area contributed by atoms with E-state index in [2.05, 4.69) is 9.47 Å². The van der Waals surface area contributed by atoms with Gasteiger partial charge >= 0.3 is 11.9 Å². The van der Waals surface area contributed by atoms with Gasteiger partial charge in [0.25, 0.3) is 0 Å². The topological polar surface area (TPSA) is 52.6 Å². The average molecular weight is 200 g/mol. The second-order valence-electron chi connectivity index (χ2n) is 3.57. The van der Waals surface area contributed by atoms with Crippen LogP contribution in [0.25, 0.3) is 0 Å². The summed E-state index contributed by atoms with van der Waals surface area (Å²) in [5.74, 6) is -1.55. The molecule has 0 amide bonds. The third-order valence-electron chi connectivity index (χ3n) is 2.78. The van der Waals surface area contributed by atoms with Crippen LogP contribution >= 0.6 is 0 Å². The van der Waals surface area contributed by atoms with Crippen molar-refractivity contribution in [3.05, 3.63) is 0 Å². The second-order valence-corrected chi connectivity index (χ2v) is 3.57. The Morgan fingerprint density at radius 1 is 1.07 bits per heavy atom. The fourth-order valence-electron chi connectivity index (χ4n) is 2.03. The first-order chi connectivity index (χ1) is 6.70. The van der Waals surface area contributed by atoms with Crippen LogP contribution in [0.1, 0.15) is 25.7 Å². The van der Waals surface area contributed by atoms with Crippen LogP contribution in [-0.4, -0.2) is 26.2 Å². The van der Waals surface area contributed by atoms with Crippen LogP contribution in [0.2, 0.25) is 0 Å². The summed E-state index contributed by atoms with van der Waals surface area (Å²) in [5, 5.41) is 0. The van der Waals surface area contributed by atoms with E-state index >= 15 is 0 Å². The molecule has 1 aliphatic carbocycles. The molecule has 80 valence electrons. The normalized spacial score (nSPS) is 17.1. The Hall–Kier alpha value is -1.06. The molecule has 4 nitrogen and oxygen atoms in total. The molecule has 0 radical (unpaired) electrons. The summed E-state index contributed by atoms with van der Waals surface area (Å²) in [6, 6.07) is 0. The molecule has 1 saturated carbocycles. The first-order valence-electron chi connectivity index (χ1n) is 4.86. The van der Waals surface area contributed by atoms with Crippen LogP contribution in [0.3, 0.4) is 0 Å². The summed E-state index contributed by atoms with van der Waals surface area (Å²) in [6.45, 7) is 0. The zero-order valence-corrected chi connectivity index (χ0v) is 8.62.